The van der Waals surface area contributed by atoms with Crippen molar-refractivity contribution in [2.75, 3.05) is 20.3 Å². The van der Waals surface area contributed by atoms with Crippen molar-refractivity contribution >= 4 is 5.97 Å². The lowest BCUT2D eigenvalue weighted by Gasteiger charge is -2.16. The largest absolute Gasteiger partial charge is 0.469 e. The molecule has 2 unspecified atom stereocenters. The zero-order valence-corrected chi connectivity index (χ0v) is 8.99. The first-order chi connectivity index (χ1) is 6.74. The Kier molecular flexibility index (Phi) is 4.35. The second-order valence-corrected chi connectivity index (χ2v) is 3.31. The first-order valence-corrected chi connectivity index (χ1v) is 5.05. The fraction of sp³-hybridized carbons (Fsp3) is 0.900. The van der Waals surface area contributed by atoms with E-state index in [1.54, 1.807) is 0 Å². The third-order valence-corrected chi connectivity index (χ3v) is 2.36. The van der Waals surface area contributed by atoms with E-state index in [-0.39, 0.29) is 24.1 Å². The minimum absolute atomic E-state index is 0.0249. The Labute approximate surface area is 84.5 Å². The fourth-order valence-electron chi connectivity index (χ4n) is 1.56. The molecule has 1 rings (SSSR count). The molecule has 0 aromatic carbocycles. The van der Waals surface area contributed by atoms with E-state index < -0.39 is 0 Å². The highest BCUT2D eigenvalue weighted by atomic mass is 16.7. The molecule has 14 heavy (non-hydrogen) atoms. The van der Waals surface area contributed by atoms with Gasteiger partial charge in [-0.3, -0.25) is 4.79 Å². The predicted molar refractivity (Wildman–Crippen MR) is 50.7 cm³/mol. The van der Waals surface area contributed by atoms with Crippen LogP contribution in [0.25, 0.3) is 0 Å². The number of methoxy groups -OCH3 is 1. The summed E-state index contributed by atoms with van der Waals surface area (Å²) in [5.74, 6) is 0.00450. The van der Waals surface area contributed by atoms with Crippen molar-refractivity contribution in [1.82, 2.24) is 0 Å². The zero-order valence-electron chi connectivity index (χ0n) is 8.99. The first kappa shape index (κ1) is 11.5. The molecule has 0 spiro atoms. The van der Waals surface area contributed by atoms with Crippen LogP contribution in [0.2, 0.25) is 0 Å². The summed E-state index contributed by atoms with van der Waals surface area (Å²) in [6.45, 7) is 5.05. The number of hydrogen-bond donors (Lipinski definition) is 0. The zero-order chi connectivity index (χ0) is 10.6. The maximum atomic E-state index is 11.2. The van der Waals surface area contributed by atoms with Crippen molar-refractivity contribution in [3.05, 3.63) is 0 Å². The Morgan fingerprint density at radius 1 is 1.36 bits per heavy atom. The van der Waals surface area contributed by atoms with Crippen LogP contribution in [0.5, 0.6) is 0 Å². The number of carbonyl (C=O) groups excluding carboxylic acids is 1. The molecular weight excluding hydrogens is 184 g/mol. The number of ether oxygens (including phenoxy) is 3. The van der Waals surface area contributed by atoms with E-state index in [9.17, 15) is 4.79 Å². The van der Waals surface area contributed by atoms with E-state index >= 15 is 0 Å². The van der Waals surface area contributed by atoms with Gasteiger partial charge in [0.25, 0.3) is 0 Å². The van der Waals surface area contributed by atoms with Crippen molar-refractivity contribution in [3.8, 4) is 0 Å². The summed E-state index contributed by atoms with van der Waals surface area (Å²) in [5, 5.41) is 0. The molecule has 1 aliphatic rings. The van der Waals surface area contributed by atoms with Gasteiger partial charge in [-0.05, 0) is 20.3 Å². The van der Waals surface area contributed by atoms with Gasteiger partial charge in [-0.1, -0.05) is 0 Å². The normalized spacial score (nSPS) is 25.1. The van der Waals surface area contributed by atoms with Gasteiger partial charge in [0.1, 0.15) is 0 Å². The minimum Gasteiger partial charge on any atom is -0.469 e. The number of esters is 1. The molecule has 0 bridgehead atoms. The van der Waals surface area contributed by atoms with E-state index in [0.717, 1.165) is 6.42 Å². The molecule has 4 heteroatoms. The fourth-order valence-corrected chi connectivity index (χ4v) is 1.56. The first-order valence-electron chi connectivity index (χ1n) is 5.05. The molecule has 1 fully saturated rings. The van der Waals surface area contributed by atoms with Crippen molar-refractivity contribution in [2.45, 2.75) is 26.6 Å². The summed E-state index contributed by atoms with van der Waals surface area (Å²) < 4.78 is 15.5. The molecule has 1 saturated carbocycles. The van der Waals surface area contributed by atoms with Crippen LogP contribution < -0.4 is 0 Å². The van der Waals surface area contributed by atoms with Crippen LogP contribution in [0.3, 0.4) is 0 Å². The average Bonchev–Trinajstić information content (AvgIpc) is 2.96. The molecule has 82 valence electrons. The van der Waals surface area contributed by atoms with Crippen LogP contribution in [0.4, 0.5) is 0 Å². The Morgan fingerprint density at radius 2 is 1.93 bits per heavy atom. The summed E-state index contributed by atoms with van der Waals surface area (Å²) in [6.07, 6.45) is 0.575. The second kappa shape index (κ2) is 5.32. The summed E-state index contributed by atoms with van der Waals surface area (Å²) in [6, 6.07) is 0. The van der Waals surface area contributed by atoms with Gasteiger partial charge in [-0.15, -0.1) is 0 Å². The lowest BCUT2D eigenvalue weighted by molar-refractivity contribution is -0.158. The maximum absolute atomic E-state index is 11.2. The Bertz CT molecular complexity index is 187. The van der Waals surface area contributed by atoms with Gasteiger partial charge in [0, 0.05) is 19.1 Å². The topological polar surface area (TPSA) is 44.8 Å². The van der Waals surface area contributed by atoms with E-state index in [2.05, 4.69) is 4.74 Å². The molecule has 4 nitrogen and oxygen atoms in total. The van der Waals surface area contributed by atoms with Crippen LogP contribution in [-0.4, -0.2) is 32.6 Å². The van der Waals surface area contributed by atoms with Gasteiger partial charge in [-0.25, -0.2) is 0 Å². The molecule has 0 aromatic rings. The molecule has 0 heterocycles. The van der Waals surface area contributed by atoms with Gasteiger partial charge < -0.3 is 14.2 Å². The van der Waals surface area contributed by atoms with Gasteiger partial charge in [0.05, 0.1) is 13.0 Å². The van der Waals surface area contributed by atoms with Crippen molar-refractivity contribution in [1.29, 1.82) is 0 Å². The van der Waals surface area contributed by atoms with E-state index in [0.29, 0.717) is 13.2 Å². The van der Waals surface area contributed by atoms with Crippen LogP contribution in [0.1, 0.15) is 20.3 Å². The maximum Gasteiger partial charge on any atom is 0.309 e. The summed E-state index contributed by atoms with van der Waals surface area (Å²) >= 11 is 0. The summed E-state index contributed by atoms with van der Waals surface area (Å²) in [7, 11) is 1.41. The Hall–Kier alpha value is -0.610. The van der Waals surface area contributed by atoms with E-state index in [4.69, 9.17) is 9.47 Å². The van der Waals surface area contributed by atoms with Crippen LogP contribution in [-0.2, 0) is 19.0 Å². The molecule has 0 radical (unpaired) electrons. The predicted octanol–water partition coefficient (Wildman–Crippen LogP) is 1.19. The lowest BCUT2D eigenvalue weighted by atomic mass is 10.3. The highest BCUT2D eigenvalue weighted by molar-refractivity contribution is 5.75. The summed E-state index contributed by atoms with van der Waals surface area (Å²) in [5.41, 5.74) is 0. The van der Waals surface area contributed by atoms with E-state index in [1.807, 2.05) is 13.8 Å². The van der Waals surface area contributed by atoms with Gasteiger partial charge >= 0.3 is 5.97 Å². The average molecular weight is 202 g/mol. The van der Waals surface area contributed by atoms with Crippen LogP contribution >= 0.6 is 0 Å². The van der Waals surface area contributed by atoms with Gasteiger partial charge in [-0.2, -0.15) is 0 Å². The highest BCUT2D eigenvalue weighted by Gasteiger charge is 2.49. The molecule has 0 N–H and O–H groups in total. The van der Waals surface area contributed by atoms with Crippen molar-refractivity contribution in [2.24, 2.45) is 11.8 Å². The quantitative estimate of drug-likeness (QED) is 0.479. The number of rotatable bonds is 6. The molecule has 0 aliphatic heterocycles. The smallest absolute Gasteiger partial charge is 0.309 e. The number of hydrogen-bond acceptors (Lipinski definition) is 4. The van der Waals surface area contributed by atoms with E-state index in [1.165, 1.54) is 7.11 Å². The highest BCUT2D eigenvalue weighted by Crippen LogP contribution is 2.43. The van der Waals surface area contributed by atoms with Gasteiger partial charge in [0.15, 0.2) is 6.29 Å². The summed E-state index contributed by atoms with van der Waals surface area (Å²) in [4.78, 5) is 11.2. The molecule has 2 atom stereocenters. The Balaban J connectivity index is 2.36. The SMILES string of the molecule is CCOC(OCC)C1CC1C(=O)OC. The molecule has 0 amide bonds. The molecular formula is C10H18O4. The second-order valence-electron chi connectivity index (χ2n) is 3.31. The third-order valence-electron chi connectivity index (χ3n) is 2.36. The molecule has 0 saturated heterocycles. The van der Waals surface area contributed by atoms with Crippen molar-refractivity contribution < 1.29 is 19.0 Å². The Morgan fingerprint density at radius 3 is 2.36 bits per heavy atom. The third kappa shape index (κ3) is 2.69. The molecule has 1 aliphatic carbocycles. The number of carbonyl (C=O) groups is 1. The van der Waals surface area contributed by atoms with Crippen LogP contribution in [0, 0.1) is 11.8 Å². The van der Waals surface area contributed by atoms with Crippen LogP contribution in [0.15, 0.2) is 0 Å². The monoisotopic (exact) mass is 202 g/mol. The molecule has 0 aromatic heterocycles. The van der Waals surface area contributed by atoms with Gasteiger partial charge in [0.2, 0.25) is 0 Å². The van der Waals surface area contributed by atoms with Crippen molar-refractivity contribution in [3.63, 3.8) is 0 Å². The standard InChI is InChI=1S/C10H18O4/c1-4-13-10(14-5-2)8-6-7(8)9(11)12-3/h7-8,10H,4-6H2,1-3H3. The minimum atomic E-state index is -0.242. The lowest BCUT2D eigenvalue weighted by Crippen LogP contribution is -2.22.